The number of benzene rings is 2. The van der Waals surface area contributed by atoms with Crippen LogP contribution in [0.25, 0.3) is 0 Å². The zero-order valence-corrected chi connectivity index (χ0v) is 14.5. The van der Waals surface area contributed by atoms with Gasteiger partial charge in [-0.1, -0.05) is 48.5 Å². The molecule has 0 unspecified atom stereocenters. The Morgan fingerprint density at radius 2 is 1.56 bits per heavy atom. The zero-order chi connectivity index (χ0) is 18.3. The molecule has 0 aliphatic rings. The van der Waals surface area contributed by atoms with Gasteiger partial charge < -0.3 is 14.7 Å². The van der Waals surface area contributed by atoms with Gasteiger partial charge in [0.15, 0.2) is 0 Å². The highest BCUT2D eigenvalue weighted by Crippen LogP contribution is 2.24. The van der Waals surface area contributed by atoms with Crippen LogP contribution in [-0.4, -0.2) is 30.1 Å². The van der Waals surface area contributed by atoms with Crippen LogP contribution < -0.4 is 4.90 Å². The highest BCUT2D eigenvalue weighted by atomic mass is 16.5. The molecule has 0 spiro atoms. The average Bonchev–Trinajstić information content (AvgIpc) is 2.60. The summed E-state index contributed by atoms with van der Waals surface area (Å²) in [5, 5.41) is 9.16. The molecule has 0 aliphatic heterocycles. The van der Waals surface area contributed by atoms with Crippen LogP contribution in [0.2, 0.25) is 0 Å². The lowest BCUT2D eigenvalue weighted by Gasteiger charge is -2.31. The Bertz CT molecular complexity index is 698. The fourth-order valence-electron chi connectivity index (χ4n) is 2.45. The molecule has 0 aliphatic carbocycles. The molecular weight excluding hydrogens is 318 g/mol. The Hall–Kier alpha value is -2.66. The van der Waals surface area contributed by atoms with E-state index >= 15 is 0 Å². The zero-order valence-electron chi connectivity index (χ0n) is 14.5. The molecule has 0 aromatic heterocycles. The Kier molecular flexibility index (Phi) is 6.31. The summed E-state index contributed by atoms with van der Waals surface area (Å²) < 4.78 is 5.70. The fourth-order valence-corrected chi connectivity index (χ4v) is 2.45. The van der Waals surface area contributed by atoms with Gasteiger partial charge in [0, 0.05) is 5.69 Å². The van der Waals surface area contributed by atoms with Gasteiger partial charge in [-0.05, 0) is 31.5 Å². The van der Waals surface area contributed by atoms with Crippen LogP contribution in [0.3, 0.4) is 0 Å². The van der Waals surface area contributed by atoms with Crippen molar-refractivity contribution in [3.63, 3.8) is 0 Å². The molecule has 0 saturated heterocycles. The number of hydrogen-bond donors (Lipinski definition) is 1. The lowest BCUT2D eigenvalue weighted by Crippen LogP contribution is -2.45. The first-order valence-electron chi connectivity index (χ1n) is 8.10. The molecular formula is C20H23NO4. The maximum Gasteiger partial charge on any atom is 0.323 e. The van der Waals surface area contributed by atoms with E-state index in [0.717, 1.165) is 5.56 Å². The second kappa shape index (κ2) is 8.44. The van der Waals surface area contributed by atoms with E-state index in [4.69, 9.17) is 9.84 Å². The van der Waals surface area contributed by atoms with Crippen LogP contribution in [0.4, 0.5) is 5.69 Å². The summed E-state index contributed by atoms with van der Waals surface area (Å²) in [6, 6.07) is 18.5. The molecule has 0 saturated carbocycles. The van der Waals surface area contributed by atoms with Crippen molar-refractivity contribution in [2.75, 3.05) is 18.1 Å². The number of rotatable bonds is 8. The number of ether oxygens (including phenoxy) is 1. The van der Waals surface area contributed by atoms with Gasteiger partial charge in [-0.3, -0.25) is 9.59 Å². The lowest BCUT2D eigenvalue weighted by atomic mass is 9.92. The number of carboxylic acid groups (broad SMARTS) is 1. The van der Waals surface area contributed by atoms with E-state index in [2.05, 4.69) is 0 Å². The maximum atomic E-state index is 12.9. The maximum absolute atomic E-state index is 12.9. The average molecular weight is 341 g/mol. The highest BCUT2D eigenvalue weighted by Gasteiger charge is 2.34. The van der Waals surface area contributed by atoms with E-state index in [1.165, 1.54) is 4.90 Å². The van der Waals surface area contributed by atoms with Gasteiger partial charge in [0.25, 0.3) is 0 Å². The Labute approximate surface area is 147 Å². The van der Waals surface area contributed by atoms with Crippen molar-refractivity contribution < 1.29 is 19.4 Å². The van der Waals surface area contributed by atoms with Crippen LogP contribution in [0, 0.1) is 5.41 Å². The third-order valence-corrected chi connectivity index (χ3v) is 3.76. The summed E-state index contributed by atoms with van der Waals surface area (Å²) in [5.41, 5.74) is 0.738. The third kappa shape index (κ3) is 5.43. The number of para-hydroxylation sites is 1. The number of hydrogen-bond acceptors (Lipinski definition) is 3. The number of nitrogens with zero attached hydrogens (tertiary/aromatic N) is 1. The number of carbonyl (C=O) groups is 2. The molecule has 0 bridgehead atoms. The third-order valence-electron chi connectivity index (χ3n) is 3.76. The largest absolute Gasteiger partial charge is 0.480 e. The summed E-state index contributed by atoms with van der Waals surface area (Å²) in [7, 11) is 0. The molecule has 132 valence electrons. The molecule has 0 radical (unpaired) electrons. The number of carbonyl (C=O) groups excluding carboxylic acids is 1. The van der Waals surface area contributed by atoms with Crippen LogP contribution >= 0.6 is 0 Å². The molecule has 2 aromatic carbocycles. The van der Waals surface area contributed by atoms with Crippen molar-refractivity contribution in [1.82, 2.24) is 0 Å². The summed E-state index contributed by atoms with van der Waals surface area (Å²) in [4.78, 5) is 25.4. The lowest BCUT2D eigenvalue weighted by molar-refractivity contribution is -0.138. The van der Waals surface area contributed by atoms with E-state index in [1.54, 1.807) is 38.1 Å². The molecule has 2 rings (SSSR count). The Balaban J connectivity index is 2.06. The van der Waals surface area contributed by atoms with Crippen LogP contribution in [0.1, 0.15) is 19.4 Å². The topological polar surface area (TPSA) is 66.8 Å². The van der Waals surface area contributed by atoms with Gasteiger partial charge in [0.1, 0.15) is 6.54 Å². The van der Waals surface area contributed by atoms with E-state index in [0.29, 0.717) is 12.3 Å². The quantitative estimate of drug-likeness (QED) is 0.799. The minimum atomic E-state index is -1.06. The normalized spacial score (nSPS) is 11.1. The first-order valence-corrected chi connectivity index (χ1v) is 8.10. The number of aliphatic carboxylic acids is 1. The van der Waals surface area contributed by atoms with Gasteiger partial charge in [-0.2, -0.15) is 0 Å². The number of amides is 1. The number of anilines is 1. The molecule has 5 heteroatoms. The van der Waals surface area contributed by atoms with E-state index < -0.39 is 11.4 Å². The molecule has 1 N–H and O–H groups in total. The SMILES string of the molecule is CC(C)(COCc1ccccc1)C(=O)N(CC(=O)O)c1ccccc1. The van der Waals surface area contributed by atoms with Gasteiger partial charge in [-0.15, -0.1) is 0 Å². The van der Waals surface area contributed by atoms with Crippen molar-refractivity contribution in [1.29, 1.82) is 0 Å². The smallest absolute Gasteiger partial charge is 0.323 e. The van der Waals surface area contributed by atoms with E-state index in [1.807, 2.05) is 36.4 Å². The van der Waals surface area contributed by atoms with Crippen molar-refractivity contribution in [3.8, 4) is 0 Å². The number of carboxylic acids is 1. The molecule has 25 heavy (non-hydrogen) atoms. The summed E-state index contributed by atoms with van der Waals surface area (Å²) in [5.74, 6) is -1.34. The van der Waals surface area contributed by atoms with Gasteiger partial charge in [0.05, 0.1) is 18.6 Å². The minimum absolute atomic E-state index is 0.198. The second-order valence-electron chi connectivity index (χ2n) is 6.48. The first-order chi connectivity index (χ1) is 11.9. The van der Waals surface area contributed by atoms with Gasteiger partial charge >= 0.3 is 5.97 Å². The van der Waals surface area contributed by atoms with Crippen molar-refractivity contribution >= 4 is 17.6 Å². The molecule has 2 aromatic rings. The van der Waals surface area contributed by atoms with Crippen molar-refractivity contribution in [3.05, 3.63) is 66.2 Å². The predicted octanol–water partition coefficient (Wildman–Crippen LogP) is 3.35. The van der Waals surface area contributed by atoms with Crippen LogP contribution in [0.5, 0.6) is 0 Å². The summed E-state index contributed by atoms with van der Waals surface area (Å²) >= 11 is 0. The van der Waals surface area contributed by atoms with Crippen LogP contribution in [-0.2, 0) is 20.9 Å². The summed E-state index contributed by atoms with van der Waals surface area (Å²) in [6.07, 6.45) is 0. The molecule has 0 heterocycles. The predicted molar refractivity (Wildman–Crippen MR) is 96.3 cm³/mol. The van der Waals surface area contributed by atoms with Crippen molar-refractivity contribution in [2.24, 2.45) is 5.41 Å². The highest BCUT2D eigenvalue weighted by molar-refractivity contribution is 6.00. The summed E-state index contributed by atoms with van der Waals surface area (Å²) in [6.45, 7) is 3.74. The van der Waals surface area contributed by atoms with Gasteiger partial charge in [0.2, 0.25) is 5.91 Å². The molecule has 0 fully saturated rings. The molecule has 5 nitrogen and oxygen atoms in total. The molecule has 1 amide bonds. The minimum Gasteiger partial charge on any atom is -0.480 e. The standard InChI is InChI=1S/C20H23NO4/c1-20(2,15-25-14-16-9-5-3-6-10-16)19(24)21(13-18(22)23)17-11-7-4-8-12-17/h3-12H,13-15H2,1-2H3,(H,22,23). The fraction of sp³-hybridized carbons (Fsp3) is 0.300. The second-order valence-corrected chi connectivity index (χ2v) is 6.48. The Morgan fingerprint density at radius 3 is 2.12 bits per heavy atom. The van der Waals surface area contributed by atoms with Crippen LogP contribution in [0.15, 0.2) is 60.7 Å². The van der Waals surface area contributed by atoms with Gasteiger partial charge in [-0.25, -0.2) is 0 Å². The molecule has 0 atom stereocenters. The monoisotopic (exact) mass is 341 g/mol. The first kappa shape index (κ1) is 18.7. The van der Waals surface area contributed by atoms with Crippen molar-refractivity contribution in [2.45, 2.75) is 20.5 Å². The Morgan fingerprint density at radius 1 is 1.00 bits per heavy atom. The van der Waals surface area contributed by atoms with E-state index in [9.17, 15) is 9.59 Å². The van der Waals surface area contributed by atoms with E-state index in [-0.39, 0.29) is 19.1 Å².